The molecule has 1 aromatic rings. The SMILES string of the molecule is CCC(C)C(NC(=O)C1CCCN1C(=O)C(N)C(C)O)C(=O)NC(Cc1ccc(O)cc1)C(=O)O. The number of nitrogens with one attached hydrogen (secondary N) is 2. The number of aromatic hydroxyl groups is 1. The van der Waals surface area contributed by atoms with Gasteiger partial charge in [-0.1, -0.05) is 32.4 Å². The van der Waals surface area contributed by atoms with Gasteiger partial charge in [-0.15, -0.1) is 0 Å². The summed E-state index contributed by atoms with van der Waals surface area (Å²) in [6, 6.07) is 1.73. The van der Waals surface area contributed by atoms with E-state index in [0.29, 0.717) is 31.4 Å². The van der Waals surface area contributed by atoms with Crippen molar-refractivity contribution in [3.05, 3.63) is 29.8 Å². The van der Waals surface area contributed by atoms with E-state index in [-0.39, 0.29) is 18.1 Å². The molecule has 194 valence electrons. The van der Waals surface area contributed by atoms with E-state index in [9.17, 15) is 34.5 Å². The lowest BCUT2D eigenvalue weighted by atomic mass is 9.96. The van der Waals surface area contributed by atoms with Crippen molar-refractivity contribution in [2.24, 2.45) is 11.7 Å². The number of carbonyl (C=O) groups is 4. The first-order valence-corrected chi connectivity index (χ1v) is 11.8. The van der Waals surface area contributed by atoms with Gasteiger partial charge in [0.1, 0.15) is 29.9 Å². The maximum absolute atomic E-state index is 13.1. The van der Waals surface area contributed by atoms with Crippen molar-refractivity contribution in [3.63, 3.8) is 0 Å². The van der Waals surface area contributed by atoms with Crippen molar-refractivity contribution in [2.45, 2.75) is 76.7 Å². The topological polar surface area (TPSA) is 182 Å². The molecule has 3 amide bonds. The average molecular weight is 493 g/mol. The second-order valence-electron chi connectivity index (χ2n) is 9.10. The van der Waals surface area contributed by atoms with Gasteiger partial charge in [0, 0.05) is 13.0 Å². The van der Waals surface area contributed by atoms with Crippen molar-refractivity contribution in [1.82, 2.24) is 15.5 Å². The van der Waals surface area contributed by atoms with E-state index in [1.807, 2.05) is 6.92 Å². The fraction of sp³-hybridized carbons (Fsp3) is 0.583. The fourth-order valence-corrected chi connectivity index (χ4v) is 3.98. The highest BCUT2D eigenvalue weighted by Gasteiger charge is 2.39. The first-order valence-electron chi connectivity index (χ1n) is 11.8. The summed E-state index contributed by atoms with van der Waals surface area (Å²) in [5, 5.41) is 33.9. The number of phenolic OH excluding ortho intramolecular Hbond substituents is 1. The summed E-state index contributed by atoms with van der Waals surface area (Å²) < 4.78 is 0. The number of nitrogens with two attached hydrogens (primary N) is 1. The Labute approximate surface area is 204 Å². The number of rotatable bonds is 11. The van der Waals surface area contributed by atoms with Gasteiger partial charge in [-0.3, -0.25) is 14.4 Å². The first-order chi connectivity index (χ1) is 16.5. The Morgan fingerprint density at radius 2 is 1.77 bits per heavy atom. The van der Waals surface area contributed by atoms with Crippen LogP contribution >= 0.6 is 0 Å². The van der Waals surface area contributed by atoms with Crippen LogP contribution in [0.2, 0.25) is 0 Å². The van der Waals surface area contributed by atoms with Gasteiger partial charge in [0.15, 0.2) is 0 Å². The lowest BCUT2D eigenvalue weighted by Crippen LogP contribution is -2.59. The average Bonchev–Trinajstić information content (AvgIpc) is 3.31. The largest absolute Gasteiger partial charge is 0.508 e. The van der Waals surface area contributed by atoms with E-state index in [2.05, 4.69) is 10.6 Å². The summed E-state index contributed by atoms with van der Waals surface area (Å²) in [5.41, 5.74) is 6.38. The number of benzene rings is 1. The summed E-state index contributed by atoms with van der Waals surface area (Å²) >= 11 is 0. The van der Waals surface area contributed by atoms with Gasteiger partial charge in [0.05, 0.1) is 6.10 Å². The van der Waals surface area contributed by atoms with Gasteiger partial charge in [-0.05, 0) is 43.4 Å². The lowest BCUT2D eigenvalue weighted by Gasteiger charge is -2.30. The molecule has 1 aliphatic heterocycles. The van der Waals surface area contributed by atoms with Crippen LogP contribution in [0.4, 0.5) is 0 Å². The molecule has 0 aliphatic carbocycles. The number of carboxylic acid groups (broad SMARTS) is 1. The molecule has 0 spiro atoms. The maximum Gasteiger partial charge on any atom is 0.326 e. The molecule has 1 aromatic carbocycles. The van der Waals surface area contributed by atoms with Crippen LogP contribution in [0.25, 0.3) is 0 Å². The van der Waals surface area contributed by atoms with Crippen LogP contribution < -0.4 is 16.4 Å². The minimum atomic E-state index is -1.25. The van der Waals surface area contributed by atoms with E-state index in [1.165, 1.54) is 24.0 Å². The summed E-state index contributed by atoms with van der Waals surface area (Å²) in [6.45, 7) is 5.32. The van der Waals surface area contributed by atoms with Crippen molar-refractivity contribution in [3.8, 4) is 5.75 Å². The van der Waals surface area contributed by atoms with Gasteiger partial charge in [0.2, 0.25) is 17.7 Å². The monoisotopic (exact) mass is 492 g/mol. The Bertz CT molecular complexity index is 906. The third kappa shape index (κ3) is 7.40. The predicted molar refractivity (Wildman–Crippen MR) is 127 cm³/mol. The smallest absolute Gasteiger partial charge is 0.326 e. The number of carboxylic acids is 1. The number of carbonyl (C=O) groups excluding carboxylic acids is 3. The summed E-state index contributed by atoms with van der Waals surface area (Å²) in [4.78, 5) is 52.0. The highest BCUT2D eigenvalue weighted by atomic mass is 16.4. The molecule has 0 bridgehead atoms. The van der Waals surface area contributed by atoms with Crippen molar-refractivity contribution < 1.29 is 34.5 Å². The van der Waals surface area contributed by atoms with Gasteiger partial charge >= 0.3 is 5.97 Å². The molecule has 1 aliphatic rings. The zero-order valence-corrected chi connectivity index (χ0v) is 20.3. The zero-order valence-electron chi connectivity index (χ0n) is 20.3. The number of aliphatic carboxylic acids is 1. The lowest BCUT2D eigenvalue weighted by molar-refractivity contribution is -0.144. The van der Waals surface area contributed by atoms with Crippen molar-refractivity contribution in [2.75, 3.05) is 6.54 Å². The third-order valence-corrected chi connectivity index (χ3v) is 6.43. The molecule has 0 saturated carbocycles. The molecule has 11 nitrogen and oxygen atoms in total. The van der Waals surface area contributed by atoms with Crippen LogP contribution in [0.3, 0.4) is 0 Å². The second-order valence-corrected chi connectivity index (χ2v) is 9.10. The fourth-order valence-electron chi connectivity index (χ4n) is 3.98. The standard InChI is InChI=1S/C24H36N4O7/c1-4-13(2)20(22(32)26-17(24(34)35)12-15-7-9-16(30)10-8-15)27-21(31)18-6-5-11-28(18)23(33)19(25)14(3)29/h7-10,13-14,17-20,29-30H,4-6,11-12,25H2,1-3H3,(H,26,32)(H,27,31)(H,34,35). The molecule has 6 unspecified atom stereocenters. The van der Waals surface area contributed by atoms with Crippen LogP contribution in [0.15, 0.2) is 24.3 Å². The molecular weight excluding hydrogens is 456 g/mol. The van der Waals surface area contributed by atoms with E-state index in [1.54, 1.807) is 19.1 Å². The quantitative estimate of drug-likeness (QED) is 0.244. The second kappa shape index (κ2) is 12.5. The van der Waals surface area contributed by atoms with Gasteiger partial charge in [-0.2, -0.15) is 0 Å². The molecule has 0 radical (unpaired) electrons. The van der Waals surface area contributed by atoms with E-state index in [0.717, 1.165) is 0 Å². The van der Waals surface area contributed by atoms with Crippen molar-refractivity contribution in [1.29, 1.82) is 0 Å². The molecule has 7 N–H and O–H groups in total. The number of hydrogen-bond donors (Lipinski definition) is 6. The maximum atomic E-state index is 13.1. The molecule has 0 aromatic heterocycles. The highest BCUT2D eigenvalue weighted by molar-refractivity contribution is 5.94. The first kappa shape index (κ1) is 28.1. The Hall–Kier alpha value is -3.18. The molecule has 35 heavy (non-hydrogen) atoms. The Morgan fingerprint density at radius 1 is 1.14 bits per heavy atom. The molecule has 1 saturated heterocycles. The van der Waals surface area contributed by atoms with Gasteiger partial charge < -0.3 is 36.6 Å². The zero-order chi connectivity index (χ0) is 26.3. The molecule has 6 atom stereocenters. The molecule has 2 rings (SSSR count). The number of aliphatic hydroxyl groups is 1. The minimum Gasteiger partial charge on any atom is -0.508 e. The Kier molecular flexibility index (Phi) is 10.0. The van der Waals surface area contributed by atoms with Crippen LogP contribution in [-0.2, 0) is 25.6 Å². The number of phenols is 1. The molecule has 11 heteroatoms. The summed E-state index contributed by atoms with van der Waals surface area (Å²) in [5.74, 6) is -3.22. The third-order valence-electron chi connectivity index (χ3n) is 6.43. The van der Waals surface area contributed by atoms with Crippen LogP contribution in [0.5, 0.6) is 5.75 Å². The summed E-state index contributed by atoms with van der Waals surface area (Å²) in [6.07, 6.45) is 0.410. The van der Waals surface area contributed by atoms with Gasteiger partial charge in [-0.25, -0.2) is 4.79 Å². The van der Waals surface area contributed by atoms with Crippen molar-refractivity contribution >= 4 is 23.7 Å². The number of nitrogens with zero attached hydrogens (tertiary/aromatic N) is 1. The van der Waals surface area contributed by atoms with Crippen LogP contribution in [0.1, 0.15) is 45.6 Å². The van der Waals surface area contributed by atoms with Crippen LogP contribution in [0, 0.1) is 5.92 Å². The molecular formula is C24H36N4O7. The minimum absolute atomic E-state index is 0.00926. The number of hydrogen-bond acceptors (Lipinski definition) is 7. The molecule has 1 heterocycles. The van der Waals surface area contributed by atoms with E-state index in [4.69, 9.17) is 5.73 Å². The number of likely N-dealkylation sites (tertiary alicyclic amines) is 1. The van der Waals surface area contributed by atoms with E-state index >= 15 is 0 Å². The Balaban J connectivity index is 2.14. The predicted octanol–water partition coefficient (Wildman–Crippen LogP) is -0.266. The Morgan fingerprint density at radius 3 is 2.31 bits per heavy atom. The van der Waals surface area contributed by atoms with Gasteiger partial charge in [0.25, 0.3) is 0 Å². The highest BCUT2D eigenvalue weighted by Crippen LogP contribution is 2.20. The number of amides is 3. The van der Waals surface area contributed by atoms with E-state index < -0.39 is 54.0 Å². The van der Waals surface area contributed by atoms with Crippen LogP contribution in [-0.4, -0.2) is 80.7 Å². The molecule has 1 fully saturated rings. The number of aliphatic hydroxyl groups excluding tert-OH is 1. The normalized spacial score (nSPS) is 19.8. The summed E-state index contributed by atoms with van der Waals surface area (Å²) in [7, 11) is 0.